The lowest BCUT2D eigenvalue weighted by Crippen LogP contribution is -2.14. The fourth-order valence-corrected chi connectivity index (χ4v) is 2.63. The number of methoxy groups -OCH3 is 2. The largest absolute Gasteiger partial charge is 0.479 e. The van der Waals surface area contributed by atoms with Crippen molar-refractivity contribution in [3.05, 3.63) is 36.0 Å². The number of nitrogens with zero attached hydrogens (tertiary/aromatic N) is 3. The Balaban J connectivity index is 2.34. The highest BCUT2D eigenvalue weighted by molar-refractivity contribution is 7.92. The summed E-state index contributed by atoms with van der Waals surface area (Å²) in [5.41, 5.74) is 0.442. The molecule has 1 N–H and O–H groups in total. The van der Waals surface area contributed by atoms with E-state index in [9.17, 15) is 8.42 Å². The predicted molar refractivity (Wildman–Crippen MR) is 77.1 cm³/mol. The minimum Gasteiger partial charge on any atom is -0.479 e. The summed E-state index contributed by atoms with van der Waals surface area (Å²) in [7, 11) is -1.12. The molecule has 1 heterocycles. The molecular formula is C13H12N4O4S. The summed E-state index contributed by atoms with van der Waals surface area (Å²) in [5.74, 6) is 0.0315. The molecular weight excluding hydrogens is 308 g/mol. The number of ether oxygens (including phenoxy) is 2. The molecule has 2 rings (SSSR count). The Morgan fingerprint density at radius 3 is 2.41 bits per heavy atom. The number of hydrogen-bond acceptors (Lipinski definition) is 7. The van der Waals surface area contributed by atoms with Crippen LogP contribution in [0.5, 0.6) is 11.9 Å². The van der Waals surface area contributed by atoms with Crippen LogP contribution in [0.25, 0.3) is 0 Å². The first-order valence-electron chi connectivity index (χ1n) is 5.98. The summed E-state index contributed by atoms with van der Waals surface area (Å²) < 4.78 is 36.7. The molecule has 22 heavy (non-hydrogen) atoms. The summed E-state index contributed by atoms with van der Waals surface area (Å²) in [6.45, 7) is 0. The second-order valence-corrected chi connectivity index (χ2v) is 5.70. The highest BCUT2D eigenvalue weighted by atomic mass is 32.2. The van der Waals surface area contributed by atoms with Crippen LogP contribution in [0.4, 0.5) is 5.69 Å². The molecule has 9 heteroatoms. The van der Waals surface area contributed by atoms with Gasteiger partial charge in [0.25, 0.3) is 10.0 Å². The lowest BCUT2D eigenvalue weighted by atomic mass is 10.2. The Hall–Kier alpha value is -2.86. The number of hydrogen-bond donors (Lipinski definition) is 1. The second kappa shape index (κ2) is 6.28. The van der Waals surface area contributed by atoms with Crippen LogP contribution in [0.3, 0.4) is 0 Å². The van der Waals surface area contributed by atoms with Gasteiger partial charge < -0.3 is 9.47 Å². The van der Waals surface area contributed by atoms with Gasteiger partial charge in [-0.05, 0) is 24.3 Å². The Labute approximate surface area is 127 Å². The van der Waals surface area contributed by atoms with E-state index in [1.54, 1.807) is 0 Å². The minimum absolute atomic E-state index is 0.00405. The van der Waals surface area contributed by atoms with Crippen molar-refractivity contribution in [2.75, 3.05) is 18.9 Å². The van der Waals surface area contributed by atoms with Crippen molar-refractivity contribution in [3.8, 4) is 18.0 Å². The molecule has 0 amide bonds. The van der Waals surface area contributed by atoms with E-state index in [2.05, 4.69) is 14.7 Å². The Morgan fingerprint density at radius 1 is 1.18 bits per heavy atom. The second-order valence-electron chi connectivity index (χ2n) is 4.02. The molecule has 0 radical (unpaired) electrons. The molecule has 0 aliphatic carbocycles. The number of nitrogens with one attached hydrogen (secondary N) is 1. The first-order valence-corrected chi connectivity index (χ1v) is 7.46. The van der Waals surface area contributed by atoms with E-state index in [1.165, 1.54) is 44.7 Å². The standard InChI is InChI=1S/C13H12N4O4S/c1-20-12-11(8-15-13(16-12)21-2)17-22(18,19)10-5-3-9(7-14)4-6-10/h3-6,8,17H,1-2H3. The first kappa shape index (κ1) is 15.5. The molecule has 0 unspecified atom stereocenters. The van der Waals surface area contributed by atoms with Crippen LogP contribution >= 0.6 is 0 Å². The van der Waals surface area contributed by atoms with Crippen molar-refractivity contribution in [1.82, 2.24) is 9.97 Å². The van der Waals surface area contributed by atoms with E-state index in [0.717, 1.165) is 0 Å². The van der Waals surface area contributed by atoms with Gasteiger partial charge in [0.05, 0.1) is 36.9 Å². The van der Waals surface area contributed by atoms with Gasteiger partial charge in [-0.2, -0.15) is 10.2 Å². The maximum Gasteiger partial charge on any atom is 0.319 e. The van der Waals surface area contributed by atoms with Crippen molar-refractivity contribution >= 4 is 15.7 Å². The zero-order valence-corrected chi connectivity index (χ0v) is 12.6. The summed E-state index contributed by atoms with van der Waals surface area (Å²) >= 11 is 0. The zero-order valence-electron chi connectivity index (χ0n) is 11.8. The van der Waals surface area contributed by atoms with Crippen molar-refractivity contribution in [2.45, 2.75) is 4.90 Å². The molecule has 0 fully saturated rings. The number of sulfonamides is 1. The monoisotopic (exact) mass is 320 g/mol. The third-order valence-electron chi connectivity index (χ3n) is 2.65. The Kier molecular flexibility index (Phi) is 4.43. The Bertz CT molecular complexity index is 813. The van der Waals surface area contributed by atoms with Gasteiger partial charge in [-0.1, -0.05) is 0 Å². The third-order valence-corrected chi connectivity index (χ3v) is 4.03. The first-order chi connectivity index (χ1) is 10.5. The van der Waals surface area contributed by atoms with Crippen LogP contribution in [0.2, 0.25) is 0 Å². The number of anilines is 1. The molecule has 0 aliphatic heterocycles. The maximum atomic E-state index is 12.3. The molecule has 2 aromatic rings. The third kappa shape index (κ3) is 3.24. The van der Waals surface area contributed by atoms with Crippen molar-refractivity contribution in [3.63, 3.8) is 0 Å². The quantitative estimate of drug-likeness (QED) is 0.879. The smallest absolute Gasteiger partial charge is 0.319 e. The zero-order chi connectivity index (χ0) is 16.2. The average Bonchev–Trinajstić information content (AvgIpc) is 2.55. The maximum absolute atomic E-state index is 12.3. The molecule has 0 saturated carbocycles. The van der Waals surface area contributed by atoms with Crippen LogP contribution in [0.1, 0.15) is 5.56 Å². The van der Waals surface area contributed by atoms with E-state index < -0.39 is 10.0 Å². The summed E-state index contributed by atoms with van der Waals surface area (Å²) in [6, 6.07) is 7.46. The van der Waals surface area contributed by atoms with E-state index in [-0.39, 0.29) is 22.5 Å². The van der Waals surface area contributed by atoms with Gasteiger partial charge in [0.15, 0.2) is 0 Å². The molecule has 0 bridgehead atoms. The van der Waals surface area contributed by atoms with E-state index >= 15 is 0 Å². The van der Waals surface area contributed by atoms with Gasteiger partial charge in [-0.25, -0.2) is 13.4 Å². The average molecular weight is 320 g/mol. The molecule has 0 spiro atoms. The van der Waals surface area contributed by atoms with E-state index in [0.29, 0.717) is 5.56 Å². The van der Waals surface area contributed by atoms with Gasteiger partial charge in [-0.3, -0.25) is 4.72 Å². The van der Waals surface area contributed by atoms with Crippen molar-refractivity contribution in [2.24, 2.45) is 0 Å². The lowest BCUT2D eigenvalue weighted by molar-refractivity contribution is 0.353. The topological polar surface area (TPSA) is 114 Å². The van der Waals surface area contributed by atoms with E-state index in [4.69, 9.17) is 14.7 Å². The summed E-state index contributed by atoms with van der Waals surface area (Å²) in [6.07, 6.45) is 1.24. The molecule has 0 saturated heterocycles. The molecule has 0 atom stereocenters. The summed E-state index contributed by atoms with van der Waals surface area (Å²) in [4.78, 5) is 7.72. The molecule has 8 nitrogen and oxygen atoms in total. The molecule has 114 valence electrons. The highest BCUT2D eigenvalue weighted by Crippen LogP contribution is 2.25. The van der Waals surface area contributed by atoms with Gasteiger partial charge in [-0.15, -0.1) is 0 Å². The number of benzene rings is 1. The van der Waals surface area contributed by atoms with Crippen molar-refractivity contribution in [1.29, 1.82) is 5.26 Å². The fourth-order valence-electron chi connectivity index (χ4n) is 1.59. The fraction of sp³-hybridized carbons (Fsp3) is 0.154. The predicted octanol–water partition coefficient (Wildman–Crippen LogP) is 1.17. The number of nitriles is 1. The van der Waals surface area contributed by atoms with E-state index in [1.807, 2.05) is 6.07 Å². The Morgan fingerprint density at radius 2 is 1.86 bits per heavy atom. The molecule has 1 aromatic carbocycles. The number of aromatic nitrogens is 2. The van der Waals surface area contributed by atoms with Crippen LogP contribution in [0.15, 0.2) is 35.4 Å². The molecule has 1 aromatic heterocycles. The normalized spacial score (nSPS) is 10.6. The molecule has 0 aliphatic rings. The van der Waals surface area contributed by atoms with Gasteiger partial charge >= 0.3 is 6.01 Å². The van der Waals surface area contributed by atoms with Gasteiger partial charge in [0.2, 0.25) is 5.88 Å². The number of rotatable bonds is 5. The van der Waals surface area contributed by atoms with Crippen LogP contribution in [0, 0.1) is 11.3 Å². The highest BCUT2D eigenvalue weighted by Gasteiger charge is 2.18. The lowest BCUT2D eigenvalue weighted by Gasteiger charge is -2.11. The minimum atomic E-state index is -3.85. The van der Waals surface area contributed by atoms with Crippen LogP contribution < -0.4 is 14.2 Å². The van der Waals surface area contributed by atoms with Gasteiger partial charge in [0, 0.05) is 0 Å². The van der Waals surface area contributed by atoms with Gasteiger partial charge in [0.1, 0.15) is 5.69 Å². The SMILES string of the molecule is COc1ncc(NS(=O)(=O)c2ccc(C#N)cc2)c(OC)n1. The van der Waals surface area contributed by atoms with Crippen LogP contribution in [-0.4, -0.2) is 32.6 Å². The van der Waals surface area contributed by atoms with Crippen molar-refractivity contribution < 1.29 is 17.9 Å². The summed E-state index contributed by atoms with van der Waals surface area (Å²) in [5, 5.41) is 8.72. The van der Waals surface area contributed by atoms with Crippen LogP contribution in [-0.2, 0) is 10.0 Å².